The van der Waals surface area contributed by atoms with Crippen LogP contribution >= 0.6 is 23.4 Å². The van der Waals surface area contributed by atoms with Crippen molar-refractivity contribution in [3.63, 3.8) is 0 Å². The van der Waals surface area contributed by atoms with E-state index in [1.54, 1.807) is 0 Å². The van der Waals surface area contributed by atoms with E-state index < -0.39 is 0 Å². The van der Waals surface area contributed by atoms with Gasteiger partial charge in [-0.3, -0.25) is 4.79 Å². The lowest BCUT2D eigenvalue weighted by molar-refractivity contribution is -0.119. The smallest absolute Gasteiger partial charge is 0.230 e. The van der Waals surface area contributed by atoms with Crippen molar-refractivity contribution in [3.8, 4) is 5.75 Å². The first-order chi connectivity index (χ1) is 11.0. The number of aryl methyl sites for hydroxylation is 1. The summed E-state index contributed by atoms with van der Waals surface area (Å²) in [5, 5.41) is 3.63. The predicted molar refractivity (Wildman–Crippen MR) is 96.5 cm³/mol. The molecule has 2 aromatic carbocycles. The molecule has 1 atom stereocenters. The van der Waals surface area contributed by atoms with Crippen LogP contribution in [0.2, 0.25) is 5.02 Å². The molecule has 0 radical (unpaired) electrons. The van der Waals surface area contributed by atoms with Crippen molar-refractivity contribution >= 4 is 29.3 Å². The topological polar surface area (TPSA) is 38.3 Å². The van der Waals surface area contributed by atoms with Crippen molar-refractivity contribution < 1.29 is 9.53 Å². The Morgan fingerprint density at radius 1 is 1.17 bits per heavy atom. The lowest BCUT2D eigenvalue weighted by Crippen LogP contribution is -2.37. The molecule has 0 aromatic heterocycles. The standard InChI is InChI=1S/C18H20ClNO2S/c1-13-3-7-16(8-4-13)22-11-14(2)20-18(21)12-23-17-9-5-15(19)6-10-17/h3-10,14H,11-12H2,1-2H3,(H,20,21)/t14-/m1/s1. The normalized spacial score (nSPS) is 11.8. The molecular formula is C18H20ClNO2S. The summed E-state index contributed by atoms with van der Waals surface area (Å²) in [5.74, 6) is 1.17. The average Bonchev–Trinajstić information content (AvgIpc) is 2.54. The molecule has 0 saturated heterocycles. The minimum atomic E-state index is -0.0466. The number of benzene rings is 2. The van der Waals surface area contributed by atoms with Gasteiger partial charge in [0.05, 0.1) is 11.8 Å². The third kappa shape index (κ3) is 6.55. The van der Waals surface area contributed by atoms with Crippen LogP contribution in [-0.4, -0.2) is 24.3 Å². The highest BCUT2D eigenvalue weighted by Gasteiger charge is 2.09. The van der Waals surface area contributed by atoms with Crippen molar-refractivity contribution in [3.05, 3.63) is 59.1 Å². The van der Waals surface area contributed by atoms with Gasteiger partial charge in [0.2, 0.25) is 5.91 Å². The zero-order valence-corrected chi connectivity index (χ0v) is 14.8. The molecule has 0 aliphatic heterocycles. The summed E-state index contributed by atoms with van der Waals surface area (Å²) < 4.78 is 5.66. The summed E-state index contributed by atoms with van der Waals surface area (Å²) in [4.78, 5) is 13.0. The van der Waals surface area contributed by atoms with Crippen LogP contribution in [0.15, 0.2) is 53.4 Å². The number of rotatable bonds is 7. The number of nitrogens with one attached hydrogen (secondary N) is 1. The number of halogens is 1. The summed E-state index contributed by atoms with van der Waals surface area (Å²) in [6, 6.07) is 15.3. The predicted octanol–water partition coefficient (Wildman–Crippen LogP) is 4.32. The first kappa shape index (κ1) is 17.7. The molecule has 0 saturated carbocycles. The molecule has 1 amide bonds. The molecule has 0 bridgehead atoms. The zero-order valence-electron chi connectivity index (χ0n) is 13.2. The molecule has 0 unspecified atom stereocenters. The molecule has 0 spiro atoms. The Hall–Kier alpha value is -1.65. The molecule has 2 rings (SSSR count). The largest absolute Gasteiger partial charge is 0.491 e. The number of hydrogen-bond acceptors (Lipinski definition) is 3. The Morgan fingerprint density at radius 2 is 1.83 bits per heavy atom. The second kappa shape index (κ2) is 8.85. The van der Waals surface area contributed by atoms with Gasteiger partial charge in [0.25, 0.3) is 0 Å². The van der Waals surface area contributed by atoms with Gasteiger partial charge in [0, 0.05) is 9.92 Å². The van der Waals surface area contributed by atoms with Gasteiger partial charge in [-0.15, -0.1) is 11.8 Å². The molecule has 23 heavy (non-hydrogen) atoms. The molecule has 0 aliphatic carbocycles. The van der Waals surface area contributed by atoms with Crippen LogP contribution in [-0.2, 0) is 4.79 Å². The van der Waals surface area contributed by atoms with E-state index in [1.807, 2.05) is 62.4 Å². The Kier molecular flexibility index (Phi) is 6.81. The fraction of sp³-hybridized carbons (Fsp3) is 0.278. The summed E-state index contributed by atoms with van der Waals surface area (Å²) in [6.07, 6.45) is 0. The molecule has 122 valence electrons. The van der Waals surface area contributed by atoms with E-state index in [0.717, 1.165) is 10.6 Å². The second-order valence-corrected chi connectivity index (χ2v) is 6.82. The third-order valence-corrected chi connectivity index (χ3v) is 4.38. The molecular weight excluding hydrogens is 330 g/mol. The van der Waals surface area contributed by atoms with E-state index in [2.05, 4.69) is 5.32 Å². The van der Waals surface area contributed by atoms with E-state index in [4.69, 9.17) is 16.3 Å². The Morgan fingerprint density at radius 3 is 2.48 bits per heavy atom. The molecule has 1 N–H and O–H groups in total. The molecule has 3 nitrogen and oxygen atoms in total. The van der Waals surface area contributed by atoms with Gasteiger partial charge in [-0.25, -0.2) is 0 Å². The maximum absolute atomic E-state index is 11.9. The van der Waals surface area contributed by atoms with Gasteiger partial charge in [0.15, 0.2) is 0 Å². The van der Waals surface area contributed by atoms with Gasteiger partial charge in [-0.05, 0) is 50.2 Å². The van der Waals surface area contributed by atoms with Gasteiger partial charge in [-0.2, -0.15) is 0 Å². The first-order valence-electron chi connectivity index (χ1n) is 7.40. The molecule has 5 heteroatoms. The van der Waals surface area contributed by atoms with Crippen LogP contribution in [0.3, 0.4) is 0 Å². The summed E-state index contributed by atoms with van der Waals surface area (Å²) in [5.41, 5.74) is 1.19. The van der Waals surface area contributed by atoms with Gasteiger partial charge < -0.3 is 10.1 Å². The number of thioether (sulfide) groups is 1. The van der Waals surface area contributed by atoms with Gasteiger partial charge in [0.1, 0.15) is 12.4 Å². The van der Waals surface area contributed by atoms with E-state index in [0.29, 0.717) is 17.4 Å². The number of amides is 1. The first-order valence-corrected chi connectivity index (χ1v) is 8.76. The quantitative estimate of drug-likeness (QED) is 0.756. The average molecular weight is 350 g/mol. The summed E-state index contributed by atoms with van der Waals surface area (Å²) in [7, 11) is 0. The fourth-order valence-electron chi connectivity index (χ4n) is 1.89. The number of hydrogen-bond donors (Lipinski definition) is 1. The van der Waals surface area contributed by atoms with E-state index in [-0.39, 0.29) is 11.9 Å². The van der Waals surface area contributed by atoms with Crippen molar-refractivity contribution in [1.29, 1.82) is 0 Å². The third-order valence-electron chi connectivity index (χ3n) is 3.11. The minimum absolute atomic E-state index is 0.00930. The lowest BCUT2D eigenvalue weighted by Gasteiger charge is -2.15. The van der Waals surface area contributed by atoms with E-state index in [9.17, 15) is 4.79 Å². The molecule has 2 aromatic rings. The highest BCUT2D eigenvalue weighted by Crippen LogP contribution is 2.20. The number of carbonyl (C=O) groups excluding carboxylic acids is 1. The SMILES string of the molecule is Cc1ccc(OC[C@@H](C)NC(=O)CSc2ccc(Cl)cc2)cc1. The monoisotopic (exact) mass is 349 g/mol. The van der Waals surface area contributed by atoms with Crippen LogP contribution in [0, 0.1) is 6.92 Å². The maximum atomic E-state index is 11.9. The van der Waals surface area contributed by atoms with Crippen LogP contribution < -0.4 is 10.1 Å². The van der Waals surface area contributed by atoms with Crippen LogP contribution in [0.4, 0.5) is 0 Å². The van der Waals surface area contributed by atoms with Crippen LogP contribution in [0.1, 0.15) is 12.5 Å². The molecule has 0 aliphatic rings. The highest BCUT2D eigenvalue weighted by molar-refractivity contribution is 8.00. The summed E-state index contributed by atoms with van der Waals surface area (Å²) >= 11 is 7.32. The van der Waals surface area contributed by atoms with E-state index in [1.165, 1.54) is 17.3 Å². The second-order valence-electron chi connectivity index (χ2n) is 5.34. The molecule has 0 heterocycles. The van der Waals surface area contributed by atoms with Crippen molar-refractivity contribution in [2.75, 3.05) is 12.4 Å². The van der Waals surface area contributed by atoms with Crippen molar-refractivity contribution in [2.24, 2.45) is 0 Å². The Labute approximate surface area is 146 Å². The minimum Gasteiger partial charge on any atom is -0.491 e. The molecule has 0 fully saturated rings. The summed E-state index contributed by atoms with van der Waals surface area (Å²) in [6.45, 7) is 4.41. The number of carbonyl (C=O) groups is 1. The number of ether oxygens (including phenoxy) is 1. The highest BCUT2D eigenvalue weighted by atomic mass is 35.5. The van der Waals surface area contributed by atoms with Crippen molar-refractivity contribution in [2.45, 2.75) is 24.8 Å². The zero-order chi connectivity index (χ0) is 16.7. The van der Waals surface area contributed by atoms with Crippen molar-refractivity contribution in [1.82, 2.24) is 5.32 Å². The lowest BCUT2D eigenvalue weighted by atomic mass is 10.2. The van der Waals surface area contributed by atoms with E-state index >= 15 is 0 Å². The maximum Gasteiger partial charge on any atom is 0.230 e. The van der Waals surface area contributed by atoms with Crippen LogP contribution in [0.5, 0.6) is 5.75 Å². The Balaban J connectivity index is 1.69. The fourth-order valence-corrected chi connectivity index (χ4v) is 2.73. The Bertz CT molecular complexity index is 628. The van der Waals surface area contributed by atoms with Gasteiger partial charge >= 0.3 is 0 Å². The van der Waals surface area contributed by atoms with Crippen LogP contribution in [0.25, 0.3) is 0 Å². The van der Waals surface area contributed by atoms with Gasteiger partial charge in [-0.1, -0.05) is 29.3 Å².